The van der Waals surface area contributed by atoms with Crippen LogP contribution in [-0.4, -0.2) is 53.4 Å². The summed E-state index contributed by atoms with van der Waals surface area (Å²) in [4.78, 5) is -0.0309. The Kier molecular flexibility index (Phi) is 6.98. The largest absolute Gasteiger partial charge is 0.314 e. The van der Waals surface area contributed by atoms with Gasteiger partial charge in [-0.2, -0.15) is 4.31 Å². The summed E-state index contributed by atoms with van der Waals surface area (Å²) in [6, 6.07) is 5.87. The Morgan fingerprint density at radius 2 is 1.84 bits per heavy atom. The zero-order valence-corrected chi connectivity index (χ0v) is 16.4. The van der Waals surface area contributed by atoms with Crippen LogP contribution in [0.1, 0.15) is 33.1 Å². The topological polar surface area (TPSA) is 95.6 Å². The van der Waals surface area contributed by atoms with Crippen molar-refractivity contribution in [3.8, 4) is 0 Å². The number of benzene rings is 1. The zero-order chi connectivity index (χ0) is 18.5. The van der Waals surface area contributed by atoms with Crippen LogP contribution in [0, 0.1) is 0 Å². The molecule has 0 saturated carbocycles. The Balaban J connectivity index is 2.13. The fourth-order valence-electron chi connectivity index (χ4n) is 2.97. The number of rotatable bonds is 9. The van der Waals surface area contributed by atoms with E-state index in [1.165, 1.54) is 28.6 Å². The molecule has 1 aliphatic heterocycles. The first-order valence-electron chi connectivity index (χ1n) is 8.64. The molecule has 1 heterocycles. The average Bonchev–Trinajstić information content (AvgIpc) is 3.09. The fourth-order valence-corrected chi connectivity index (χ4v) is 5.64. The Morgan fingerprint density at radius 3 is 2.44 bits per heavy atom. The van der Waals surface area contributed by atoms with E-state index >= 15 is 0 Å². The van der Waals surface area contributed by atoms with Gasteiger partial charge in [0.1, 0.15) is 0 Å². The van der Waals surface area contributed by atoms with Crippen LogP contribution in [0.4, 0.5) is 0 Å². The van der Waals surface area contributed by atoms with Gasteiger partial charge in [-0.15, -0.1) is 0 Å². The third kappa shape index (κ3) is 5.01. The van der Waals surface area contributed by atoms with Gasteiger partial charge in [0.05, 0.1) is 9.79 Å². The van der Waals surface area contributed by atoms with Crippen LogP contribution in [0.25, 0.3) is 0 Å². The van der Waals surface area contributed by atoms with Crippen molar-refractivity contribution in [1.29, 1.82) is 0 Å². The Labute approximate surface area is 150 Å². The summed E-state index contributed by atoms with van der Waals surface area (Å²) in [6.45, 7) is 5.47. The van der Waals surface area contributed by atoms with E-state index in [2.05, 4.69) is 10.0 Å². The summed E-state index contributed by atoms with van der Waals surface area (Å²) in [5, 5.41) is 3.32. The minimum Gasteiger partial charge on any atom is -0.314 e. The van der Waals surface area contributed by atoms with Crippen molar-refractivity contribution < 1.29 is 16.8 Å². The Hall–Kier alpha value is -1.00. The highest BCUT2D eigenvalue weighted by Gasteiger charge is 2.24. The molecule has 1 aromatic rings. The molecule has 2 N–H and O–H groups in total. The van der Waals surface area contributed by atoms with Crippen molar-refractivity contribution in [3.63, 3.8) is 0 Å². The highest BCUT2D eigenvalue weighted by Crippen LogP contribution is 2.19. The van der Waals surface area contributed by atoms with Crippen LogP contribution in [-0.2, 0) is 20.0 Å². The van der Waals surface area contributed by atoms with Crippen molar-refractivity contribution in [2.24, 2.45) is 0 Å². The first kappa shape index (κ1) is 20.3. The highest BCUT2D eigenvalue weighted by atomic mass is 32.2. The van der Waals surface area contributed by atoms with Gasteiger partial charge in [-0.3, -0.25) is 0 Å². The molecule has 0 unspecified atom stereocenters. The normalized spacial score (nSPS) is 18.8. The maximum absolute atomic E-state index is 12.6. The van der Waals surface area contributed by atoms with Crippen LogP contribution in [0.15, 0.2) is 34.1 Å². The van der Waals surface area contributed by atoms with E-state index in [9.17, 15) is 16.8 Å². The van der Waals surface area contributed by atoms with Crippen molar-refractivity contribution in [2.45, 2.75) is 48.9 Å². The molecule has 1 fully saturated rings. The third-order valence-corrected chi connectivity index (χ3v) is 7.91. The minimum absolute atomic E-state index is 0.00321. The average molecular weight is 390 g/mol. The van der Waals surface area contributed by atoms with Gasteiger partial charge in [0.25, 0.3) is 0 Å². The lowest BCUT2D eigenvalue weighted by Gasteiger charge is -2.19. The van der Waals surface area contributed by atoms with E-state index in [1.807, 2.05) is 0 Å². The molecule has 0 amide bonds. The second-order valence-electron chi connectivity index (χ2n) is 6.04. The van der Waals surface area contributed by atoms with Gasteiger partial charge in [0, 0.05) is 25.7 Å². The first-order chi connectivity index (χ1) is 11.8. The van der Waals surface area contributed by atoms with Crippen LogP contribution in [0.5, 0.6) is 0 Å². The summed E-state index contributed by atoms with van der Waals surface area (Å²) in [5.41, 5.74) is 0. The lowest BCUT2D eigenvalue weighted by Crippen LogP contribution is -2.32. The number of hydrogen-bond donors (Lipinski definition) is 2. The van der Waals surface area contributed by atoms with Crippen molar-refractivity contribution in [3.05, 3.63) is 24.3 Å². The molecule has 1 aromatic carbocycles. The standard InChI is InChI=1S/C16H27N3O4S2/c1-3-19(4-2)25(22,23)16-9-5-8-15(13-16)24(20,21)18-12-10-14-7-6-11-17-14/h5,8-9,13-14,17-18H,3-4,6-7,10-12H2,1-2H3/t14-/m1/s1. The molecular formula is C16H27N3O4S2. The second-order valence-corrected chi connectivity index (χ2v) is 9.75. The number of nitrogens with one attached hydrogen (secondary N) is 2. The van der Waals surface area contributed by atoms with Crippen molar-refractivity contribution in [1.82, 2.24) is 14.3 Å². The van der Waals surface area contributed by atoms with Gasteiger partial charge < -0.3 is 5.32 Å². The lowest BCUT2D eigenvalue weighted by molar-refractivity contribution is 0.445. The summed E-state index contributed by atoms with van der Waals surface area (Å²) >= 11 is 0. The minimum atomic E-state index is -3.73. The van der Waals surface area contributed by atoms with Crippen LogP contribution in [0.3, 0.4) is 0 Å². The molecule has 0 bridgehead atoms. The Bertz CT molecular complexity index is 768. The van der Waals surface area contributed by atoms with E-state index in [0.717, 1.165) is 25.8 Å². The lowest BCUT2D eigenvalue weighted by atomic mass is 10.2. The summed E-state index contributed by atoms with van der Waals surface area (Å²) in [6.07, 6.45) is 2.89. The number of hydrogen-bond acceptors (Lipinski definition) is 5. The predicted octanol–water partition coefficient (Wildman–Crippen LogP) is 1.14. The SMILES string of the molecule is CCN(CC)S(=O)(=O)c1cccc(S(=O)(=O)NCC[C@H]2CCCN2)c1. The molecule has 9 heteroatoms. The molecule has 142 valence electrons. The molecule has 0 aromatic heterocycles. The van der Waals surface area contributed by atoms with E-state index in [4.69, 9.17) is 0 Å². The van der Waals surface area contributed by atoms with Gasteiger partial charge in [-0.05, 0) is 44.0 Å². The zero-order valence-electron chi connectivity index (χ0n) is 14.7. The maximum atomic E-state index is 12.6. The van der Waals surface area contributed by atoms with Crippen LogP contribution < -0.4 is 10.0 Å². The molecule has 0 radical (unpaired) electrons. The van der Waals surface area contributed by atoms with Gasteiger partial charge in [-0.1, -0.05) is 19.9 Å². The summed E-state index contributed by atoms with van der Waals surface area (Å²) in [7, 11) is -7.42. The maximum Gasteiger partial charge on any atom is 0.243 e. The number of sulfonamides is 2. The molecule has 1 aliphatic rings. The van der Waals surface area contributed by atoms with Crippen LogP contribution >= 0.6 is 0 Å². The fraction of sp³-hybridized carbons (Fsp3) is 0.625. The predicted molar refractivity (Wildman–Crippen MR) is 97.4 cm³/mol. The second kappa shape index (κ2) is 8.59. The molecule has 1 atom stereocenters. The molecule has 0 spiro atoms. The van der Waals surface area contributed by atoms with Gasteiger partial charge in [0.2, 0.25) is 20.0 Å². The molecular weight excluding hydrogens is 362 g/mol. The number of nitrogens with zero attached hydrogens (tertiary/aromatic N) is 1. The molecule has 2 rings (SSSR count). The van der Waals surface area contributed by atoms with Gasteiger partial charge in [-0.25, -0.2) is 21.6 Å². The third-order valence-electron chi connectivity index (χ3n) is 4.41. The van der Waals surface area contributed by atoms with E-state index in [0.29, 0.717) is 25.7 Å². The molecule has 25 heavy (non-hydrogen) atoms. The van der Waals surface area contributed by atoms with E-state index < -0.39 is 20.0 Å². The molecule has 1 saturated heterocycles. The molecule has 0 aliphatic carbocycles. The van der Waals surface area contributed by atoms with Gasteiger partial charge >= 0.3 is 0 Å². The smallest absolute Gasteiger partial charge is 0.243 e. The monoisotopic (exact) mass is 389 g/mol. The van der Waals surface area contributed by atoms with Crippen molar-refractivity contribution in [2.75, 3.05) is 26.2 Å². The van der Waals surface area contributed by atoms with Gasteiger partial charge in [0.15, 0.2) is 0 Å². The summed E-state index contributed by atoms with van der Waals surface area (Å²) < 4.78 is 53.9. The Morgan fingerprint density at radius 1 is 1.16 bits per heavy atom. The highest BCUT2D eigenvalue weighted by molar-refractivity contribution is 7.90. The van der Waals surface area contributed by atoms with Crippen molar-refractivity contribution >= 4 is 20.0 Å². The quantitative estimate of drug-likeness (QED) is 0.660. The molecule has 7 nitrogen and oxygen atoms in total. The van der Waals surface area contributed by atoms with E-state index in [-0.39, 0.29) is 9.79 Å². The summed E-state index contributed by atoms with van der Waals surface area (Å²) in [5.74, 6) is 0. The van der Waals surface area contributed by atoms with E-state index in [1.54, 1.807) is 13.8 Å². The van der Waals surface area contributed by atoms with Crippen LogP contribution in [0.2, 0.25) is 0 Å². The first-order valence-corrected chi connectivity index (χ1v) is 11.6.